The van der Waals surface area contributed by atoms with Crippen LogP contribution in [0, 0.1) is 5.82 Å². The van der Waals surface area contributed by atoms with Gasteiger partial charge in [-0.15, -0.1) is 0 Å². The van der Waals surface area contributed by atoms with Crippen LogP contribution in [0.1, 0.15) is 18.9 Å². The van der Waals surface area contributed by atoms with Crippen LogP contribution in [-0.2, 0) is 20.5 Å². The molecule has 1 unspecified atom stereocenters. The van der Waals surface area contributed by atoms with E-state index in [-0.39, 0.29) is 17.4 Å². The lowest BCUT2D eigenvalue weighted by atomic mass is 10.2. The summed E-state index contributed by atoms with van der Waals surface area (Å²) in [6.07, 6.45) is 0.704. The van der Waals surface area contributed by atoms with E-state index in [4.69, 9.17) is 4.74 Å². The monoisotopic (exact) mass is 287 g/mol. The van der Waals surface area contributed by atoms with Crippen LogP contribution in [0.2, 0.25) is 0 Å². The minimum absolute atomic E-state index is 0.0656. The summed E-state index contributed by atoms with van der Waals surface area (Å²) in [5.74, 6) is -0.776. The van der Waals surface area contributed by atoms with Gasteiger partial charge in [0.1, 0.15) is 5.82 Å². The van der Waals surface area contributed by atoms with Gasteiger partial charge in [-0.3, -0.25) is 0 Å². The summed E-state index contributed by atoms with van der Waals surface area (Å²) < 4.78 is 44.9. The predicted octanol–water partition coefficient (Wildman–Crippen LogP) is 1.77. The quantitative estimate of drug-likeness (QED) is 0.848. The van der Waals surface area contributed by atoms with Crippen LogP contribution in [0.25, 0.3) is 0 Å². The summed E-state index contributed by atoms with van der Waals surface area (Å²) in [6.45, 7) is 3.05. The second-order valence-electron chi connectivity index (χ2n) is 4.61. The maximum atomic E-state index is 13.5. The molecule has 0 aromatic heterocycles. The predicted molar refractivity (Wildman–Crippen MR) is 70.6 cm³/mol. The minimum Gasteiger partial charge on any atom is -0.375 e. The van der Waals surface area contributed by atoms with Gasteiger partial charge in [0.2, 0.25) is 10.0 Å². The number of benzene rings is 1. The molecule has 1 aromatic carbocycles. The molecule has 1 aromatic rings. The smallest absolute Gasteiger partial charge is 0.218 e. The Hall–Kier alpha value is -0.980. The van der Waals surface area contributed by atoms with Gasteiger partial charge in [0, 0.05) is 18.7 Å². The van der Waals surface area contributed by atoms with Crippen LogP contribution in [0.5, 0.6) is 0 Å². The number of halogens is 1. The Morgan fingerprint density at radius 2 is 2.16 bits per heavy atom. The third-order valence-corrected chi connectivity index (χ3v) is 5.04. The molecule has 0 N–H and O–H groups in total. The van der Waals surface area contributed by atoms with Crippen molar-refractivity contribution in [2.75, 3.05) is 19.7 Å². The maximum absolute atomic E-state index is 13.5. The Morgan fingerprint density at radius 3 is 2.84 bits per heavy atom. The summed E-state index contributed by atoms with van der Waals surface area (Å²) in [5.41, 5.74) is 0.210. The standard InChI is InChI=1S/C13H18FNO3S/c1-2-12-9-15(7-8-18-12)19(16,17)10-11-5-3-4-6-13(11)14/h3-6,12H,2,7-10H2,1H3. The Labute approximate surface area is 113 Å². The topological polar surface area (TPSA) is 46.6 Å². The molecule has 0 bridgehead atoms. The highest BCUT2D eigenvalue weighted by Gasteiger charge is 2.29. The summed E-state index contributed by atoms with van der Waals surface area (Å²) in [6, 6.07) is 5.97. The van der Waals surface area contributed by atoms with E-state index < -0.39 is 15.8 Å². The van der Waals surface area contributed by atoms with Crippen LogP contribution >= 0.6 is 0 Å². The molecule has 1 fully saturated rings. The zero-order chi connectivity index (χ0) is 13.9. The van der Waals surface area contributed by atoms with E-state index in [1.165, 1.54) is 16.4 Å². The van der Waals surface area contributed by atoms with Crippen LogP contribution in [0.3, 0.4) is 0 Å². The summed E-state index contributed by atoms with van der Waals surface area (Å²) in [5, 5.41) is 0. The molecule has 19 heavy (non-hydrogen) atoms. The molecule has 0 saturated carbocycles. The molecule has 106 valence electrons. The van der Waals surface area contributed by atoms with Gasteiger partial charge in [0.15, 0.2) is 0 Å². The third kappa shape index (κ3) is 3.52. The molecule has 1 aliphatic rings. The molecule has 0 amide bonds. The van der Waals surface area contributed by atoms with Crippen molar-refractivity contribution in [1.82, 2.24) is 4.31 Å². The molecule has 1 aliphatic heterocycles. The first-order valence-electron chi connectivity index (χ1n) is 6.35. The molecule has 2 rings (SSSR count). The second kappa shape index (κ2) is 5.98. The number of nitrogens with zero attached hydrogens (tertiary/aromatic N) is 1. The zero-order valence-electron chi connectivity index (χ0n) is 10.9. The fraction of sp³-hybridized carbons (Fsp3) is 0.538. The lowest BCUT2D eigenvalue weighted by molar-refractivity contribution is -0.00283. The Balaban J connectivity index is 2.12. The molecule has 1 saturated heterocycles. The van der Waals surface area contributed by atoms with Crippen molar-refractivity contribution < 1.29 is 17.5 Å². The molecular formula is C13H18FNO3S. The van der Waals surface area contributed by atoms with Crippen LogP contribution < -0.4 is 0 Å². The van der Waals surface area contributed by atoms with Gasteiger partial charge >= 0.3 is 0 Å². The number of morpholine rings is 1. The van der Waals surface area contributed by atoms with E-state index in [9.17, 15) is 12.8 Å². The van der Waals surface area contributed by atoms with Gasteiger partial charge in [-0.25, -0.2) is 12.8 Å². The van der Waals surface area contributed by atoms with E-state index >= 15 is 0 Å². The number of hydrogen-bond acceptors (Lipinski definition) is 3. The van der Waals surface area contributed by atoms with Crippen molar-refractivity contribution in [3.63, 3.8) is 0 Å². The number of sulfonamides is 1. The Kier molecular flexibility index (Phi) is 4.54. The van der Waals surface area contributed by atoms with Gasteiger partial charge in [0.25, 0.3) is 0 Å². The van der Waals surface area contributed by atoms with E-state index in [1.54, 1.807) is 12.1 Å². The first-order chi connectivity index (χ1) is 9.03. The molecule has 1 heterocycles. The van der Waals surface area contributed by atoms with Crippen molar-refractivity contribution >= 4 is 10.0 Å². The van der Waals surface area contributed by atoms with Gasteiger partial charge in [-0.1, -0.05) is 25.1 Å². The number of hydrogen-bond donors (Lipinski definition) is 0. The highest BCUT2D eigenvalue weighted by Crippen LogP contribution is 2.17. The van der Waals surface area contributed by atoms with E-state index in [0.717, 1.165) is 6.42 Å². The largest absolute Gasteiger partial charge is 0.375 e. The second-order valence-corrected chi connectivity index (χ2v) is 6.58. The SMILES string of the molecule is CCC1CN(S(=O)(=O)Cc2ccccc2F)CCO1. The molecule has 1 atom stereocenters. The average molecular weight is 287 g/mol. The normalized spacial score (nSPS) is 21.5. The first kappa shape index (κ1) is 14.4. The van der Waals surface area contributed by atoms with Crippen molar-refractivity contribution in [3.05, 3.63) is 35.6 Å². The van der Waals surface area contributed by atoms with Crippen molar-refractivity contribution in [1.29, 1.82) is 0 Å². The van der Waals surface area contributed by atoms with Crippen molar-refractivity contribution in [2.45, 2.75) is 25.2 Å². The fourth-order valence-corrected chi connectivity index (χ4v) is 3.65. The molecule has 4 nitrogen and oxygen atoms in total. The molecule has 0 spiro atoms. The number of ether oxygens (including phenoxy) is 1. The zero-order valence-corrected chi connectivity index (χ0v) is 11.7. The minimum atomic E-state index is -3.49. The number of rotatable bonds is 4. The van der Waals surface area contributed by atoms with Crippen molar-refractivity contribution in [3.8, 4) is 0 Å². The van der Waals surface area contributed by atoms with E-state index in [2.05, 4.69) is 0 Å². The van der Waals surface area contributed by atoms with Crippen molar-refractivity contribution in [2.24, 2.45) is 0 Å². The molecule has 0 aliphatic carbocycles. The highest BCUT2D eigenvalue weighted by atomic mass is 32.2. The fourth-order valence-electron chi connectivity index (χ4n) is 2.10. The van der Waals surface area contributed by atoms with Crippen LogP contribution in [-0.4, -0.2) is 38.5 Å². The van der Waals surface area contributed by atoms with Gasteiger partial charge < -0.3 is 4.74 Å². The highest BCUT2D eigenvalue weighted by molar-refractivity contribution is 7.88. The summed E-state index contributed by atoms with van der Waals surface area (Å²) in [4.78, 5) is 0. The molecule has 0 radical (unpaired) electrons. The van der Waals surface area contributed by atoms with Gasteiger partial charge in [-0.05, 0) is 12.5 Å². The molecular weight excluding hydrogens is 269 g/mol. The lowest BCUT2D eigenvalue weighted by Crippen LogP contribution is -2.45. The first-order valence-corrected chi connectivity index (χ1v) is 7.96. The van der Waals surface area contributed by atoms with E-state index in [0.29, 0.717) is 19.7 Å². The summed E-state index contributed by atoms with van der Waals surface area (Å²) in [7, 11) is -3.49. The van der Waals surface area contributed by atoms with Crippen LogP contribution in [0.15, 0.2) is 24.3 Å². The Morgan fingerprint density at radius 1 is 1.42 bits per heavy atom. The van der Waals surface area contributed by atoms with Gasteiger partial charge in [0.05, 0.1) is 18.5 Å². The average Bonchev–Trinajstić information content (AvgIpc) is 2.41. The van der Waals surface area contributed by atoms with Gasteiger partial charge in [-0.2, -0.15) is 4.31 Å². The Bertz CT molecular complexity index is 532. The molecule has 6 heteroatoms. The summed E-state index contributed by atoms with van der Waals surface area (Å²) >= 11 is 0. The third-order valence-electron chi connectivity index (χ3n) is 3.25. The van der Waals surface area contributed by atoms with E-state index in [1.807, 2.05) is 6.92 Å². The lowest BCUT2D eigenvalue weighted by Gasteiger charge is -2.31. The van der Waals surface area contributed by atoms with Crippen LogP contribution in [0.4, 0.5) is 4.39 Å². The maximum Gasteiger partial charge on any atom is 0.218 e.